The Kier molecular flexibility index (Phi) is 5.27. The lowest BCUT2D eigenvalue weighted by Gasteiger charge is -2.22. The first-order valence-electron chi connectivity index (χ1n) is 8.45. The van der Waals surface area contributed by atoms with Gasteiger partial charge in [-0.2, -0.15) is 0 Å². The van der Waals surface area contributed by atoms with E-state index in [2.05, 4.69) is 4.89 Å². The lowest BCUT2D eigenvalue weighted by atomic mass is 9.83. The van der Waals surface area contributed by atoms with Crippen LogP contribution in [-0.2, 0) is 4.89 Å². The summed E-state index contributed by atoms with van der Waals surface area (Å²) in [6, 6.07) is 10.2. The molecule has 24 heavy (non-hydrogen) atoms. The zero-order chi connectivity index (χ0) is 17.1. The Balaban J connectivity index is 1.85. The van der Waals surface area contributed by atoms with Crippen molar-refractivity contribution in [1.82, 2.24) is 0 Å². The summed E-state index contributed by atoms with van der Waals surface area (Å²) >= 11 is 0. The second-order valence-electron chi connectivity index (χ2n) is 6.60. The zero-order valence-corrected chi connectivity index (χ0v) is 13.8. The molecular formula is C20H22F2O2. The molecule has 0 aliphatic heterocycles. The zero-order valence-electron chi connectivity index (χ0n) is 13.8. The van der Waals surface area contributed by atoms with E-state index in [0.29, 0.717) is 11.5 Å². The van der Waals surface area contributed by atoms with Crippen molar-refractivity contribution in [1.29, 1.82) is 0 Å². The van der Waals surface area contributed by atoms with Crippen LogP contribution in [0.5, 0.6) is 0 Å². The predicted octanol–water partition coefficient (Wildman–Crippen LogP) is 5.90. The Labute approximate surface area is 141 Å². The van der Waals surface area contributed by atoms with Crippen molar-refractivity contribution in [3.63, 3.8) is 0 Å². The Morgan fingerprint density at radius 2 is 1.54 bits per heavy atom. The highest BCUT2D eigenvalue weighted by atomic mass is 19.1. The molecule has 0 spiro atoms. The van der Waals surface area contributed by atoms with E-state index in [9.17, 15) is 14.0 Å². The van der Waals surface area contributed by atoms with E-state index in [1.165, 1.54) is 56.7 Å². The molecule has 128 valence electrons. The fourth-order valence-corrected chi connectivity index (χ4v) is 3.51. The Bertz CT molecular complexity index is 668. The van der Waals surface area contributed by atoms with E-state index in [1.807, 2.05) is 24.3 Å². The molecule has 1 N–H and O–H groups in total. The van der Waals surface area contributed by atoms with Gasteiger partial charge in [-0.05, 0) is 54.5 Å². The van der Waals surface area contributed by atoms with Crippen LogP contribution in [0.15, 0.2) is 36.4 Å². The van der Waals surface area contributed by atoms with Crippen LogP contribution in [0.4, 0.5) is 8.78 Å². The van der Waals surface area contributed by atoms with Crippen molar-refractivity contribution in [3.05, 3.63) is 70.3 Å². The van der Waals surface area contributed by atoms with Crippen LogP contribution in [0, 0.1) is 18.6 Å². The third kappa shape index (κ3) is 3.50. The summed E-state index contributed by atoms with van der Waals surface area (Å²) in [6.07, 6.45) is 5.32. The predicted molar refractivity (Wildman–Crippen MR) is 88.9 cm³/mol. The van der Waals surface area contributed by atoms with Crippen molar-refractivity contribution in [2.24, 2.45) is 0 Å². The molecule has 1 aliphatic carbocycles. The fraction of sp³-hybridized carbons (Fsp3) is 0.400. The van der Waals surface area contributed by atoms with Crippen LogP contribution in [-0.4, -0.2) is 5.26 Å². The highest BCUT2D eigenvalue weighted by molar-refractivity contribution is 5.35. The van der Waals surface area contributed by atoms with Gasteiger partial charge in [0.25, 0.3) is 0 Å². The minimum atomic E-state index is -0.907. The number of halogens is 2. The molecule has 2 nitrogen and oxygen atoms in total. The minimum Gasteiger partial charge on any atom is -0.251 e. The maximum atomic E-state index is 13.8. The van der Waals surface area contributed by atoms with E-state index in [4.69, 9.17) is 0 Å². The third-order valence-corrected chi connectivity index (χ3v) is 5.03. The standard InChI is InChI=1S/C20H22F2O2/c1-13-18(21)11-17(12-19(13)22)20(24-23)16-9-7-15(8-10-16)14-5-3-2-4-6-14/h7-12,14,20,23H,2-6H2,1H3. The minimum absolute atomic E-state index is 0.0388. The lowest BCUT2D eigenvalue weighted by molar-refractivity contribution is -0.270. The van der Waals surface area contributed by atoms with Crippen molar-refractivity contribution >= 4 is 0 Å². The Morgan fingerprint density at radius 3 is 2.08 bits per heavy atom. The highest BCUT2D eigenvalue weighted by Gasteiger charge is 2.20. The average Bonchev–Trinajstić information content (AvgIpc) is 2.61. The molecule has 1 fully saturated rings. The van der Waals surface area contributed by atoms with Crippen LogP contribution < -0.4 is 0 Å². The Morgan fingerprint density at radius 1 is 0.958 bits per heavy atom. The molecule has 1 unspecified atom stereocenters. The molecule has 1 aliphatic rings. The van der Waals surface area contributed by atoms with Gasteiger partial charge in [0, 0.05) is 5.56 Å². The highest BCUT2D eigenvalue weighted by Crippen LogP contribution is 2.34. The van der Waals surface area contributed by atoms with Crippen LogP contribution in [0.2, 0.25) is 0 Å². The van der Waals surface area contributed by atoms with Gasteiger partial charge < -0.3 is 0 Å². The molecule has 2 aromatic carbocycles. The van der Waals surface area contributed by atoms with Gasteiger partial charge in [-0.15, -0.1) is 0 Å². The van der Waals surface area contributed by atoms with E-state index in [1.54, 1.807) is 0 Å². The van der Waals surface area contributed by atoms with Crippen molar-refractivity contribution in [3.8, 4) is 0 Å². The second kappa shape index (κ2) is 7.41. The van der Waals surface area contributed by atoms with E-state index < -0.39 is 17.7 Å². The first-order chi connectivity index (χ1) is 11.6. The summed E-state index contributed by atoms with van der Waals surface area (Å²) < 4.78 is 27.6. The summed E-state index contributed by atoms with van der Waals surface area (Å²) in [5.41, 5.74) is 2.16. The number of rotatable bonds is 4. The molecule has 0 aromatic heterocycles. The molecule has 0 heterocycles. The summed E-state index contributed by atoms with van der Waals surface area (Å²) in [5, 5.41) is 9.26. The van der Waals surface area contributed by atoms with Gasteiger partial charge in [0.1, 0.15) is 17.7 Å². The first-order valence-corrected chi connectivity index (χ1v) is 8.45. The third-order valence-electron chi connectivity index (χ3n) is 5.03. The molecule has 0 radical (unpaired) electrons. The molecule has 0 amide bonds. The van der Waals surface area contributed by atoms with E-state index in [-0.39, 0.29) is 11.1 Å². The van der Waals surface area contributed by atoms with Crippen molar-refractivity contribution in [2.45, 2.75) is 51.0 Å². The molecule has 1 atom stereocenters. The SMILES string of the molecule is Cc1c(F)cc(C(OO)c2ccc(C3CCCCC3)cc2)cc1F. The topological polar surface area (TPSA) is 29.5 Å². The van der Waals surface area contributed by atoms with Crippen molar-refractivity contribution < 1.29 is 18.9 Å². The van der Waals surface area contributed by atoms with Gasteiger partial charge in [-0.3, -0.25) is 5.26 Å². The number of hydrogen-bond acceptors (Lipinski definition) is 2. The van der Waals surface area contributed by atoms with Crippen LogP contribution in [0.25, 0.3) is 0 Å². The van der Waals surface area contributed by atoms with Gasteiger partial charge in [0.2, 0.25) is 0 Å². The Hall–Kier alpha value is -1.78. The van der Waals surface area contributed by atoms with Crippen LogP contribution >= 0.6 is 0 Å². The summed E-state index contributed by atoms with van der Waals surface area (Å²) in [5.74, 6) is -0.715. The molecule has 0 saturated heterocycles. The fourth-order valence-electron chi connectivity index (χ4n) is 3.51. The maximum absolute atomic E-state index is 13.8. The molecule has 4 heteroatoms. The van der Waals surface area contributed by atoms with Gasteiger partial charge in [0.15, 0.2) is 0 Å². The second-order valence-corrected chi connectivity index (χ2v) is 6.60. The van der Waals surface area contributed by atoms with E-state index in [0.717, 1.165) is 0 Å². The van der Waals surface area contributed by atoms with Crippen LogP contribution in [0.3, 0.4) is 0 Å². The average molecular weight is 332 g/mol. The quantitative estimate of drug-likeness (QED) is 0.558. The number of benzene rings is 2. The van der Waals surface area contributed by atoms with Gasteiger partial charge in [-0.1, -0.05) is 43.5 Å². The molecule has 3 rings (SSSR count). The smallest absolute Gasteiger partial charge is 0.143 e. The van der Waals surface area contributed by atoms with Crippen molar-refractivity contribution in [2.75, 3.05) is 0 Å². The largest absolute Gasteiger partial charge is 0.251 e. The maximum Gasteiger partial charge on any atom is 0.143 e. The molecular weight excluding hydrogens is 310 g/mol. The van der Waals surface area contributed by atoms with Crippen LogP contribution in [0.1, 0.15) is 66.4 Å². The van der Waals surface area contributed by atoms with Gasteiger partial charge in [-0.25, -0.2) is 13.7 Å². The molecule has 0 bridgehead atoms. The van der Waals surface area contributed by atoms with Gasteiger partial charge >= 0.3 is 0 Å². The summed E-state index contributed by atoms with van der Waals surface area (Å²) in [6.45, 7) is 1.38. The van der Waals surface area contributed by atoms with Gasteiger partial charge in [0.05, 0.1) is 0 Å². The lowest BCUT2D eigenvalue weighted by Crippen LogP contribution is -2.08. The van der Waals surface area contributed by atoms with E-state index >= 15 is 0 Å². The summed E-state index contributed by atoms with van der Waals surface area (Å²) in [7, 11) is 0. The monoisotopic (exact) mass is 332 g/mol. The molecule has 2 aromatic rings. The normalized spacial score (nSPS) is 17.0. The summed E-state index contributed by atoms with van der Waals surface area (Å²) in [4.78, 5) is 4.52. The number of hydrogen-bond donors (Lipinski definition) is 1. The molecule has 1 saturated carbocycles. The first kappa shape index (κ1) is 17.1.